The fourth-order valence-corrected chi connectivity index (χ4v) is 2.42. The number of methoxy groups -OCH3 is 1. The van der Waals surface area contributed by atoms with Crippen molar-refractivity contribution in [1.82, 2.24) is 20.0 Å². The highest BCUT2D eigenvalue weighted by molar-refractivity contribution is 5.93. The summed E-state index contributed by atoms with van der Waals surface area (Å²) in [4.78, 5) is 14.5. The third kappa shape index (κ3) is 4.35. The van der Waals surface area contributed by atoms with E-state index in [0.29, 0.717) is 23.9 Å². The minimum Gasteiger partial charge on any atom is -0.494 e. The van der Waals surface area contributed by atoms with E-state index in [1.54, 1.807) is 24.2 Å². The number of rotatable bonds is 8. The van der Waals surface area contributed by atoms with Crippen molar-refractivity contribution in [3.63, 3.8) is 0 Å². The smallest absolute Gasteiger partial charge is 0.254 e. The highest BCUT2D eigenvalue weighted by atomic mass is 16.5. The van der Waals surface area contributed by atoms with Gasteiger partial charge in [0.1, 0.15) is 11.4 Å². The Balaban J connectivity index is 1.96. The third-order valence-electron chi connectivity index (χ3n) is 4.28. The number of amides is 1. The first-order valence-electron chi connectivity index (χ1n) is 8.23. The molecule has 1 heterocycles. The number of nitrogens with one attached hydrogen (secondary N) is 1. The summed E-state index contributed by atoms with van der Waals surface area (Å²) in [5.41, 5.74) is 1.34. The Hall–Kier alpha value is -2.34. The van der Waals surface area contributed by atoms with Crippen LogP contribution < -0.4 is 10.1 Å². The topological polar surface area (TPSA) is 59.4 Å². The largest absolute Gasteiger partial charge is 0.494 e. The van der Waals surface area contributed by atoms with Gasteiger partial charge in [0, 0.05) is 18.8 Å². The Morgan fingerprint density at radius 3 is 2.88 bits per heavy atom. The summed E-state index contributed by atoms with van der Waals surface area (Å²) in [6.07, 6.45) is 4.20. The van der Waals surface area contributed by atoms with Crippen LogP contribution >= 0.6 is 0 Å². The van der Waals surface area contributed by atoms with Crippen molar-refractivity contribution in [2.75, 3.05) is 27.2 Å². The minimum atomic E-state index is -0.109. The van der Waals surface area contributed by atoms with Crippen LogP contribution in [-0.4, -0.2) is 53.9 Å². The SMILES string of the molecule is CCN(C)[C@@H](C)CCNC(=O)c1cnn(-c2ccccc2OC)c1. The third-order valence-corrected chi connectivity index (χ3v) is 4.28. The van der Waals surface area contributed by atoms with E-state index in [1.807, 2.05) is 24.3 Å². The molecule has 0 aliphatic rings. The van der Waals surface area contributed by atoms with Gasteiger partial charge < -0.3 is 15.0 Å². The molecule has 24 heavy (non-hydrogen) atoms. The fraction of sp³-hybridized carbons (Fsp3) is 0.444. The molecule has 0 unspecified atom stereocenters. The molecule has 2 rings (SSSR count). The van der Waals surface area contributed by atoms with Crippen molar-refractivity contribution < 1.29 is 9.53 Å². The number of aromatic nitrogens is 2. The molecular weight excluding hydrogens is 304 g/mol. The van der Waals surface area contributed by atoms with Crippen molar-refractivity contribution >= 4 is 5.91 Å². The lowest BCUT2D eigenvalue weighted by molar-refractivity contribution is 0.0949. The maximum atomic E-state index is 12.3. The van der Waals surface area contributed by atoms with Crippen LogP contribution in [0, 0.1) is 0 Å². The molecule has 2 aromatic rings. The van der Waals surface area contributed by atoms with Crippen molar-refractivity contribution in [2.45, 2.75) is 26.3 Å². The minimum absolute atomic E-state index is 0.109. The van der Waals surface area contributed by atoms with E-state index < -0.39 is 0 Å². The summed E-state index contributed by atoms with van der Waals surface area (Å²) < 4.78 is 6.98. The number of carbonyl (C=O) groups is 1. The van der Waals surface area contributed by atoms with Crippen LogP contribution in [0.2, 0.25) is 0 Å². The first-order chi connectivity index (χ1) is 11.6. The Morgan fingerprint density at radius 2 is 2.17 bits per heavy atom. The van der Waals surface area contributed by atoms with Crippen LogP contribution in [0.5, 0.6) is 5.75 Å². The van der Waals surface area contributed by atoms with E-state index in [-0.39, 0.29) is 5.91 Å². The van der Waals surface area contributed by atoms with Gasteiger partial charge in [-0.3, -0.25) is 4.79 Å². The first kappa shape index (κ1) is 18.0. The zero-order valence-corrected chi connectivity index (χ0v) is 14.8. The van der Waals surface area contributed by atoms with Gasteiger partial charge in [-0.25, -0.2) is 4.68 Å². The van der Waals surface area contributed by atoms with Gasteiger partial charge in [0.05, 0.1) is 18.9 Å². The van der Waals surface area contributed by atoms with Crippen molar-refractivity contribution in [1.29, 1.82) is 0 Å². The molecule has 6 nitrogen and oxygen atoms in total. The standard InChI is InChI=1S/C18H26N4O2/c1-5-21(3)14(2)10-11-19-18(23)15-12-20-22(13-15)16-8-6-7-9-17(16)24-4/h6-9,12-14H,5,10-11H2,1-4H3,(H,19,23)/t14-/m0/s1. The van der Waals surface area contributed by atoms with Crippen LogP contribution in [-0.2, 0) is 0 Å². The van der Waals surface area contributed by atoms with Gasteiger partial charge in [-0.15, -0.1) is 0 Å². The van der Waals surface area contributed by atoms with E-state index in [4.69, 9.17) is 4.74 Å². The molecule has 0 aliphatic heterocycles. The summed E-state index contributed by atoms with van der Waals surface area (Å²) in [7, 11) is 3.70. The van der Waals surface area contributed by atoms with E-state index in [2.05, 4.69) is 36.2 Å². The van der Waals surface area contributed by atoms with E-state index in [9.17, 15) is 4.79 Å². The zero-order valence-electron chi connectivity index (χ0n) is 14.8. The quantitative estimate of drug-likeness (QED) is 0.807. The van der Waals surface area contributed by atoms with Crippen molar-refractivity contribution in [3.8, 4) is 11.4 Å². The Bertz CT molecular complexity index is 669. The lowest BCUT2D eigenvalue weighted by atomic mass is 10.2. The van der Waals surface area contributed by atoms with Crippen LogP contribution in [0.4, 0.5) is 0 Å². The van der Waals surface area contributed by atoms with Crippen molar-refractivity contribution in [2.24, 2.45) is 0 Å². The number of benzene rings is 1. The summed E-state index contributed by atoms with van der Waals surface area (Å²) in [5, 5.41) is 7.22. The van der Waals surface area contributed by atoms with Gasteiger partial charge in [-0.1, -0.05) is 19.1 Å². The summed E-state index contributed by atoms with van der Waals surface area (Å²) >= 11 is 0. The number of hydrogen-bond donors (Lipinski definition) is 1. The number of para-hydroxylation sites is 2. The Morgan fingerprint density at radius 1 is 1.42 bits per heavy atom. The molecule has 0 fully saturated rings. The Labute approximate surface area is 143 Å². The predicted molar refractivity (Wildman–Crippen MR) is 94.8 cm³/mol. The van der Waals surface area contributed by atoms with Gasteiger partial charge in [0.2, 0.25) is 0 Å². The monoisotopic (exact) mass is 330 g/mol. The zero-order chi connectivity index (χ0) is 17.5. The number of hydrogen-bond acceptors (Lipinski definition) is 4. The molecule has 0 radical (unpaired) electrons. The average Bonchev–Trinajstić information content (AvgIpc) is 3.10. The highest BCUT2D eigenvalue weighted by Gasteiger charge is 2.12. The van der Waals surface area contributed by atoms with Gasteiger partial charge in [-0.2, -0.15) is 5.10 Å². The molecule has 0 saturated heterocycles. The average molecular weight is 330 g/mol. The number of ether oxygens (including phenoxy) is 1. The van der Waals surface area contributed by atoms with Crippen molar-refractivity contribution in [3.05, 3.63) is 42.2 Å². The number of carbonyl (C=O) groups excluding carboxylic acids is 1. The molecule has 1 N–H and O–H groups in total. The van der Waals surface area contributed by atoms with Crippen LogP contribution in [0.3, 0.4) is 0 Å². The highest BCUT2D eigenvalue weighted by Crippen LogP contribution is 2.21. The van der Waals surface area contributed by atoms with E-state index in [0.717, 1.165) is 18.7 Å². The Kier molecular flexibility index (Phi) is 6.37. The molecule has 1 aromatic heterocycles. The lowest BCUT2D eigenvalue weighted by Gasteiger charge is -2.22. The fourth-order valence-electron chi connectivity index (χ4n) is 2.42. The van der Waals surface area contributed by atoms with E-state index in [1.165, 1.54) is 0 Å². The number of nitrogens with zero attached hydrogens (tertiary/aromatic N) is 3. The second kappa shape index (κ2) is 8.49. The van der Waals surface area contributed by atoms with Crippen LogP contribution in [0.25, 0.3) is 5.69 Å². The van der Waals surface area contributed by atoms with Crippen LogP contribution in [0.1, 0.15) is 30.6 Å². The van der Waals surface area contributed by atoms with Gasteiger partial charge in [0.25, 0.3) is 5.91 Å². The summed E-state index contributed by atoms with van der Waals surface area (Å²) in [5.74, 6) is 0.603. The molecule has 0 spiro atoms. The second-order valence-corrected chi connectivity index (χ2v) is 5.81. The summed E-state index contributed by atoms with van der Waals surface area (Å²) in [6.45, 7) is 5.93. The molecule has 1 aromatic carbocycles. The molecule has 1 atom stereocenters. The van der Waals surface area contributed by atoms with Gasteiger partial charge >= 0.3 is 0 Å². The maximum Gasteiger partial charge on any atom is 0.254 e. The predicted octanol–water partition coefficient (Wildman–Crippen LogP) is 2.34. The summed E-state index contributed by atoms with van der Waals surface area (Å²) in [6, 6.07) is 8.00. The normalized spacial score (nSPS) is 12.2. The molecule has 0 aliphatic carbocycles. The van der Waals surface area contributed by atoms with E-state index >= 15 is 0 Å². The molecule has 130 valence electrons. The molecule has 0 saturated carbocycles. The van der Waals surface area contributed by atoms with Gasteiger partial charge in [0.15, 0.2) is 0 Å². The first-order valence-corrected chi connectivity index (χ1v) is 8.23. The lowest BCUT2D eigenvalue weighted by Crippen LogP contribution is -2.33. The molecule has 0 bridgehead atoms. The molecular formula is C18H26N4O2. The second-order valence-electron chi connectivity index (χ2n) is 5.81. The molecule has 1 amide bonds. The van der Waals surface area contributed by atoms with Crippen LogP contribution in [0.15, 0.2) is 36.7 Å². The van der Waals surface area contributed by atoms with Gasteiger partial charge in [-0.05, 0) is 39.1 Å². The molecule has 6 heteroatoms. The maximum absolute atomic E-state index is 12.3.